The SMILES string of the molecule is CCOc1ccc(OCNC(=O)N2CCN(c3ccccn3)CC2)cc1. The zero-order chi connectivity index (χ0) is 18.2. The number of rotatable bonds is 6. The van der Waals surface area contributed by atoms with Gasteiger partial charge in [-0.25, -0.2) is 9.78 Å². The van der Waals surface area contributed by atoms with Gasteiger partial charge in [0.2, 0.25) is 0 Å². The second kappa shape index (κ2) is 8.94. The molecule has 0 atom stereocenters. The van der Waals surface area contributed by atoms with Gasteiger partial charge in [0.05, 0.1) is 6.61 Å². The van der Waals surface area contributed by atoms with Crippen molar-refractivity contribution in [2.45, 2.75) is 6.92 Å². The number of hydrogen-bond acceptors (Lipinski definition) is 5. The maximum absolute atomic E-state index is 12.3. The van der Waals surface area contributed by atoms with E-state index < -0.39 is 0 Å². The van der Waals surface area contributed by atoms with E-state index in [9.17, 15) is 4.79 Å². The molecule has 7 nitrogen and oxygen atoms in total. The van der Waals surface area contributed by atoms with Crippen LogP contribution in [-0.4, -0.2) is 55.4 Å². The summed E-state index contributed by atoms with van der Waals surface area (Å²) in [4.78, 5) is 20.6. The van der Waals surface area contributed by atoms with Gasteiger partial charge in [0, 0.05) is 32.4 Å². The van der Waals surface area contributed by atoms with E-state index in [0.29, 0.717) is 25.4 Å². The minimum Gasteiger partial charge on any atom is -0.494 e. The van der Waals surface area contributed by atoms with Gasteiger partial charge >= 0.3 is 6.03 Å². The van der Waals surface area contributed by atoms with Crippen molar-refractivity contribution in [1.29, 1.82) is 0 Å². The van der Waals surface area contributed by atoms with Gasteiger partial charge < -0.3 is 24.6 Å². The van der Waals surface area contributed by atoms with Crippen LogP contribution in [0.5, 0.6) is 11.5 Å². The summed E-state index contributed by atoms with van der Waals surface area (Å²) in [5, 5.41) is 2.79. The van der Waals surface area contributed by atoms with Crippen LogP contribution in [0, 0.1) is 0 Å². The summed E-state index contributed by atoms with van der Waals surface area (Å²) < 4.78 is 10.9. The van der Waals surface area contributed by atoms with Crippen molar-refractivity contribution >= 4 is 11.8 Å². The third kappa shape index (κ3) is 4.78. The van der Waals surface area contributed by atoms with Gasteiger partial charge in [0.25, 0.3) is 0 Å². The number of aromatic nitrogens is 1. The van der Waals surface area contributed by atoms with E-state index in [1.54, 1.807) is 11.1 Å². The smallest absolute Gasteiger partial charge is 0.320 e. The third-order valence-corrected chi connectivity index (χ3v) is 4.14. The molecule has 1 aliphatic heterocycles. The number of piperazine rings is 1. The van der Waals surface area contributed by atoms with Crippen molar-refractivity contribution in [1.82, 2.24) is 15.2 Å². The lowest BCUT2D eigenvalue weighted by Crippen LogP contribution is -2.52. The van der Waals surface area contributed by atoms with E-state index in [2.05, 4.69) is 15.2 Å². The molecule has 1 saturated heterocycles. The Morgan fingerprint density at radius 2 is 1.73 bits per heavy atom. The van der Waals surface area contributed by atoms with E-state index in [1.165, 1.54) is 0 Å². The second-order valence-electron chi connectivity index (χ2n) is 5.84. The Hall–Kier alpha value is -2.96. The lowest BCUT2D eigenvalue weighted by molar-refractivity contribution is 0.181. The number of carbonyl (C=O) groups is 1. The monoisotopic (exact) mass is 356 g/mol. The molecular formula is C19H24N4O3. The molecule has 1 N–H and O–H groups in total. The molecule has 7 heteroatoms. The number of ether oxygens (including phenoxy) is 2. The number of carbonyl (C=O) groups excluding carboxylic acids is 1. The van der Waals surface area contributed by atoms with Gasteiger partial charge in [-0.1, -0.05) is 6.07 Å². The number of anilines is 1. The van der Waals surface area contributed by atoms with E-state index in [0.717, 1.165) is 24.7 Å². The summed E-state index contributed by atoms with van der Waals surface area (Å²) >= 11 is 0. The highest BCUT2D eigenvalue weighted by molar-refractivity contribution is 5.74. The quantitative estimate of drug-likeness (QED) is 0.805. The molecule has 2 amide bonds. The third-order valence-electron chi connectivity index (χ3n) is 4.14. The highest BCUT2D eigenvalue weighted by Gasteiger charge is 2.21. The molecule has 0 unspecified atom stereocenters. The Labute approximate surface area is 153 Å². The van der Waals surface area contributed by atoms with Crippen molar-refractivity contribution < 1.29 is 14.3 Å². The molecular weight excluding hydrogens is 332 g/mol. The number of nitrogens with one attached hydrogen (secondary N) is 1. The molecule has 138 valence electrons. The maximum Gasteiger partial charge on any atom is 0.320 e. The Kier molecular flexibility index (Phi) is 6.14. The fourth-order valence-electron chi connectivity index (χ4n) is 2.77. The summed E-state index contributed by atoms with van der Waals surface area (Å²) in [6.07, 6.45) is 1.78. The van der Waals surface area contributed by atoms with Gasteiger partial charge in [-0.2, -0.15) is 0 Å². The molecule has 2 heterocycles. The van der Waals surface area contributed by atoms with Gasteiger partial charge in [-0.3, -0.25) is 0 Å². The predicted octanol–water partition coefficient (Wildman–Crippen LogP) is 2.35. The molecule has 0 bridgehead atoms. The summed E-state index contributed by atoms with van der Waals surface area (Å²) in [5.41, 5.74) is 0. The van der Waals surface area contributed by atoms with Crippen molar-refractivity contribution in [2.24, 2.45) is 0 Å². The molecule has 26 heavy (non-hydrogen) atoms. The molecule has 1 fully saturated rings. The fraction of sp³-hybridized carbons (Fsp3) is 0.368. The van der Waals surface area contributed by atoms with Crippen LogP contribution in [0.1, 0.15) is 6.92 Å². The molecule has 2 aromatic rings. The summed E-state index contributed by atoms with van der Waals surface area (Å²) in [6.45, 7) is 5.55. The van der Waals surface area contributed by atoms with Gasteiger partial charge in [0.1, 0.15) is 17.3 Å². The van der Waals surface area contributed by atoms with Gasteiger partial charge in [-0.05, 0) is 43.3 Å². The zero-order valence-corrected chi connectivity index (χ0v) is 14.9. The van der Waals surface area contributed by atoms with Crippen LogP contribution >= 0.6 is 0 Å². The standard InChI is InChI=1S/C19H24N4O3/c1-2-25-16-6-8-17(9-7-16)26-15-21-19(24)23-13-11-22(12-14-23)18-5-3-4-10-20-18/h3-10H,2,11-15H2,1H3,(H,21,24). The minimum atomic E-state index is -0.114. The number of nitrogens with zero attached hydrogens (tertiary/aromatic N) is 3. The first kappa shape index (κ1) is 17.8. The molecule has 0 radical (unpaired) electrons. The number of amides is 2. The number of pyridine rings is 1. The Balaban J connectivity index is 1.39. The highest BCUT2D eigenvalue weighted by Crippen LogP contribution is 2.17. The summed E-state index contributed by atoms with van der Waals surface area (Å²) in [5.74, 6) is 2.44. The Morgan fingerprint density at radius 1 is 1.04 bits per heavy atom. The Bertz CT molecular complexity index is 686. The van der Waals surface area contributed by atoms with Crippen molar-refractivity contribution in [3.8, 4) is 11.5 Å². The average Bonchev–Trinajstić information content (AvgIpc) is 2.70. The van der Waals surface area contributed by atoms with Crippen molar-refractivity contribution in [3.63, 3.8) is 0 Å². The van der Waals surface area contributed by atoms with E-state index in [-0.39, 0.29) is 12.8 Å². The van der Waals surface area contributed by atoms with Crippen LogP contribution in [-0.2, 0) is 0 Å². The van der Waals surface area contributed by atoms with Crippen LogP contribution in [0.3, 0.4) is 0 Å². The van der Waals surface area contributed by atoms with E-state index >= 15 is 0 Å². The van der Waals surface area contributed by atoms with Crippen LogP contribution in [0.2, 0.25) is 0 Å². The lowest BCUT2D eigenvalue weighted by atomic mass is 10.3. The normalized spacial score (nSPS) is 14.0. The van der Waals surface area contributed by atoms with Gasteiger partial charge in [0.15, 0.2) is 6.73 Å². The highest BCUT2D eigenvalue weighted by atomic mass is 16.5. The van der Waals surface area contributed by atoms with Crippen LogP contribution in [0.4, 0.5) is 10.6 Å². The van der Waals surface area contributed by atoms with Crippen molar-refractivity contribution in [3.05, 3.63) is 48.7 Å². The predicted molar refractivity (Wildman–Crippen MR) is 99.7 cm³/mol. The first-order valence-corrected chi connectivity index (χ1v) is 8.80. The first-order chi connectivity index (χ1) is 12.8. The maximum atomic E-state index is 12.3. The Morgan fingerprint density at radius 3 is 2.35 bits per heavy atom. The molecule has 0 aliphatic carbocycles. The molecule has 0 spiro atoms. The molecule has 1 aliphatic rings. The average molecular weight is 356 g/mol. The second-order valence-corrected chi connectivity index (χ2v) is 5.84. The van der Waals surface area contributed by atoms with Crippen LogP contribution < -0.4 is 19.7 Å². The zero-order valence-electron chi connectivity index (χ0n) is 14.9. The molecule has 3 rings (SSSR count). The summed E-state index contributed by atoms with van der Waals surface area (Å²) in [7, 11) is 0. The molecule has 0 saturated carbocycles. The number of benzene rings is 1. The topological polar surface area (TPSA) is 66.9 Å². The molecule has 1 aromatic heterocycles. The minimum absolute atomic E-state index is 0.114. The largest absolute Gasteiger partial charge is 0.494 e. The van der Waals surface area contributed by atoms with Crippen LogP contribution in [0.15, 0.2) is 48.7 Å². The lowest BCUT2D eigenvalue weighted by Gasteiger charge is -2.35. The van der Waals surface area contributed by atoms with Crippen LogP contribution in [0.25, 0.3) is 0 Å². The first-order valence-electron chi connectivity index (χ1n) is 8.80. The number of hydrogen-bond donors (Lipinski definition) is 1. The van der Waals surface area contributed by atoms with Gasteiger partial charge in [-0.15, -0.1) is 0 Å². The number of urea groups is 1. The molecule has 1 aromatic carbocycles. The van der Waals surface area contributed by atoms with Crippen molar-refractivity contribution in [2.75, 3.05) is 44.4 Å². The van der Waals surface area contributed by atoms with E-state index in [4.69, 9.17) is 9.47 Å². The van der Waals surface area contributed by atoms with E-state index in [1.807, 2.05) is 49.4 Å². The fourth-order valence-corrected chi connectivity index (χ4v) is 2.77. The summed E-state index contributed by atoms with van der Waals surface area (Å²) in [6, 6.07) is 13.1.